The summed E-state index contributed by atoms with van der Waals surface area (Å²) in [5.41, 5.74) is -0.376. The van der Waals surface area contributed by atoms with Crippen molar-refractivity contribution in [2.75, 3.05) is 18.1 Å². The maximum absolute atomic E-state index is 13.1. The quantitative estimate of drug-likeness (QED) is 0.518. The van der Waals surface area contributed by atoms with Gasteiger partial charge in [0.1, 0.15) is 23.6 Å². The van der Waals surface area contributed by atoms with Crippen LogP contribution in [0.5, 0.6) is 5.75 Å². The zero-order valence-corrected chi connectivity index (χ0v) is 17.1. The number of halogens is 5. The van der Waals surface area contributed by atoms with Crippen molar-refractivity contribution >= 4 is 17.0 Å². The molecule has 7 nitrogen and oxygen atoms in total. The molecule has 0 saturated carbocycles. The van der Waals surface area contributed by atoms with Crippen molar-refractivity contribution in [3.8, 4) is 5.75 Å². The van der Waals surface area contributed by atoms with Gasteiger partial charge in [-0.1, -0.05) is 0 Å². The third kappa shape index (κ3) is 4.73. The van der Waals surface area contributed by atoms with Crippen LogP contribution in [0, 0.1) is 5.92 Å². The molecular formula is C20H21F5N6O. The Hall–Kier alpha value is -3.05. The second-order valence-corrected chi connectivity index (χ2v) is 7.76. The third-order valence-corrected chi connectivity index (χ3v) is 5.43. The van der Waals surface area contributed by atoms with Crippen molar-refractivity contribution in [3.05, 3.63) is 36.4 Å². The maximum Gasteiger partial charge on any atom is 0.437 e. The number of nitrogens with zero attached hydrogens (tertiary/aromatic N) is 6. The van der Waals surface area contributed by atoms with Gasteiger partial charge >= 0.3 is 6.18 Å². The summed E-state index contributed by atoms with van der Waals surface area (Å²) in [5, 5.41) is 3.92. The fourth-order valence-electron chi connectivity index (χ4n) is 3.81. The largest absolute Gasteiger partial charge is 0.491 e. The van der Waals surface area contributed by atoms with E-state index in [2.05, 4.69) is 20.1 Å². The van der Waals surface area contributed by atoms with Crippen molar-refractivity contribution in [2.24, 2.45) is 5.92 Å². The minimum Gasteiger partial charge on any atom is -0.491 e. The number of piperidine rings is 1. The molecule has 4 rings (SSSR count). The second kappa shape index (κ2) is 8.83. The van der Waals surface area contributed by atoms with Crippen molar-refractivity contribution < 1.29 is 26.7 Å². The maximum atomic E-state index is 13.1. The third-order valence-electron chi connectivity index (χ3n) is 5.43. The molecule has 0 radical (unpaired) electrons. The van der Waals surface area contributed by atoms with Crippen LogP contribution in [0.25, 0.3) is 11.2 Å². The van der Waals surface area contributed by atoms with E-state index in [1.165, 1.54) is 18.3 Å². The van der Waals surface area contributed by atoms with Gasteiger partial charge in [0.25, 0.3) is 6.43 Å². The highest BCUT2D eigenvalue weighted by atomic mass is 19.4. The van der Waals surface area contributed by atoms with Gasteiger partial charge in [-0.3, -0.25) is 0 Å². The zero-order valence-electron chi connectivity index (χ0n) is 17.1. The van der Waals surface area contributed by atoms with E-state index in [-0.39, 0.29) is 30.0 Å². The Morgan fingerprint density at radius 1 is 1.19 bits per heavy atom. The summed E-state index contributed by atoms with van der Waals surface area (Å²) in [5.74, 6) is 0.140. The van der Waals surface area contributed by atoms with Gasteiger partial charge in [-0.05, 0) is 31.9 Å². The van der Waals surface area contributed by atoms with Crippen molar-refractivity contribution in [1.29, 1.82) is 0 Å². The predicted octanol–water partition coefficient (Wildman–Crippen LogP) is 4.19. The van der Waals surface area contributed by atoms with Gasteiger partial charge in [-0.25, -0.2) is 28.4 Å². The Morgan fingerprint density at radius 2 is 2.00 bits per heavy atom. The molecule has 1 aliphatic rings. The molecule has 0 aromatic carbocycles. The lowest BCUT2D eigenvalue weighted by molar-refractivity contribution is -0.142. The van der Waals surface area contributed by atoms with Gasteiger partial charge in [-0.15, -0.1) is 0 Å². The van der Waals surface area contributed by atoms with Crippen molar-refractivity contribution in [3.63, 3.8) is 0 Å². The summed E-state index contributed by atoms with van der Waals surface area (Å²) < 4.78 is 71.7. The SMILES string of the molecule is CC1CCC(COc2cccnc2C(F)(F)F)CN1c1cnc2cnn(CC(F)F)c2n1. The first-order chi connectivity index (χ1) is 15.2. The van der Waals surface area contributed by atoms with E-state index >= 15 is 0 Å². The highest BCUT2D eigenvalue weighted by Crippen LogP contribution is 2.35. The molecule has 2 atom stereocenters. The summed E-state index contributed by atoms with van der Waals surface area (Å²) >= 11 is 0. The number of aromatic nitrogens is 5. The van der Waals surface area contributed by atoms with E-state index < -0.39 is 24.8 Å². The molecule has 3 aromatic rings. The monoisotopic (exact) mass is 456 g/mol. The number of fused-ring (bicyclic) bond motifs is 1. The molecule has 1 fully saturated rings. The fourth-order valence-corrected chi connectivity index (χ4v) is 3.81. The molecule has 1 saturated heterocycles. The van der Waals surface area contributed by atoms with Gasteiger partial charge in [0.15, 0.2) is 11.3 Å². The first kappa shape index (κ1) is 22.2. The van der Waals surface area contributed by atoms with E-state index in [0.717, 1.165) is 23.7 Å². The van der Waals surface area contributed by atoms with Crippen LogP contribution in [0.15, 0.2) is 30.7 Å². The van der Waals surface area contributed by atoms with E-state index in [9.17, 15) is 22.0 Å². The summed E-state index contributed by atoms with van der Waals surface area (Å²) in [7, 11) is 0. The Morgan fingerprint density at radius 3 is 2.75 bits per heavy atom. The average Bonchev–Trinajstić information content (AvgIpc) is 3.14. The smallest absolute Gasteiger partial charge is 0.437 e. The zero-order chi connectivity index (χ0) is 22.9. The highest BCUT2D eigenvalue weighted by Gasteiger charge is 2.36. The lowest BCUT2D eigenvalue weighted by Gasteiger charge is -2.38. The van der Waals surface area contributed by atoms with Crippen LogP contribution in [0.2, 0.25) is 0 Å². The molecule has 1 aliphatic heterocycles. The standard InChI is InChI=1S/C20H21F5N6O/c1-12-4-5-13(11-32-15-3-2-6-26-18(15)20(23,24)25)9-30(12)17-8-27-14-7-28-31(10-16(21)22)19(14)29-17/h2-3,6-8,12-13,16H,4-5,9-11H2,1H3. The van der Waals surface area contributed by atoms with E-state index in [1.807, 2.05) is 11.8 Å². The van der Waals surface area contributed by atoms with Crippen LogP contribution in [0.1, 0.15) is 25.5 Å². The van der Waals surface area contributed by atoms with E-state index in [1.54, 1.807) is 6.20 Å². The Labute approximate surface area is 180 Å². The molecule has 32 heavy (non-hydrogen) atoms. The Balaban J connectivity index is 1.50. The van der Waals surface area contributed by atoms with Gasteiger partial charge in [-0.2, -0.15) is 18.3 Å². The first-order valence-corrected chi connectivity index (χ1v) is 10.1. The fraction of sp³-hybridized carbons (Fsp3) is 0.500. The van der Waals surface area contributed by atoms with Crippen molar-refractivity contribution in [2.45, 2.75) is 45.0 Å². The number of anilines is 1. The molecule has 2 unspecified atom stereocenters. The Bertz CT molecular complexity index is 1070. The van der Waals surface area contributed by atoms with E-state index in [0.29, 0.717) is 17.9 Å². The number of hydrogen-bond donors (Lipinski definition) is 0. The number of rotatable bonds is 6. The van der Waals surface area contributed by atoms with Crippen LogP contribution in [-0.2, 0) is 12.7 Å². The molecule has 0 spiro atoms. The second-order valence-electron chi connectivity index (χ2n) is 7.76. The predicted molar refractivity (Wildman–Crippen MR) is 106 cm³/mol. The molecule has 4 heterocycles. The van der Waals surface area contributed by atoms with Crippen LogP contribution in [0.3, 0.4) is 0 Å². The number of ether oxygens (including phenoxy) is 1. The minimum atomic E-state index is -4.60. The van der Waals surface area contributed by atoms with Crippen molar-refractivity contribution in [1.82, 2.24) is 24.7 Å². The lowest BCUT2D eigenvalue weighted by Crippen LogP contribution is -2.44. The molecule has 172 valence electrons. The number of pyridine rings is 1. The minimum absolute atomic E-state index is 0.0593. The van der Waals surface area contributed by atoms with Gasteiger partial charge in [0.2, 0.25) is 0 Å². The summed E-state index contributed by atoms with van der Waals surface area (Å²) in [4.78, 5) is 14.1. The molecule has 0 aliphatic carbocycles. The molecule has 12 heteroatoms. The summed E-state index contributed by atoms with van der Waals surface area (Å²) in [6, 6.07) is 2.74. The molecule has 0 bridgehead atoms. The van der Waals surface area contributed by atoms with Crippen LogP contribution in [-0.4, -0.2) is 50.4 Å². The van der Waals surface area contributed by atoms with Crippen LogP contribution in [0.4, 0.5) is 27.8 Å². The molecule has 0 amide bonds. The normalized spacial score (nSPS) is 19.7. The molecular weight excluding hydrogens is 435 g/mol. The summed E-state index contributed by atoms with van der Waals surface area (Å²) in [6.45, 7) is 1.98. The van der Waals surface area contributed by atoms with Gasteiger partial charge in [0, 0.05) is 24.7 Å². The average molecular weight is 456 g/mol. The Kier molecular flexibility index (Phi) is 6.11. The van der Waals surface area contributed by atoms with E-state index in [4.69, 9.17) is 4.74 Å². The van der Waals surface area contributed by atoms with Gasteiger partial charge < -0.3 is 9.64 Å². The molecule has 3 aromatic heterocycles. The highest BCUT2D eigenvalue weighted by molar-refractivity contribution is 5.71. The molecule has 0 N–H and O–H groups in total. The van der Waals surface area contributed by atoms with Crippen LogP contribution < -0.4 is 9.64 Å². The topological polar surface area (TPSA) is 69.0 Å². The number of alkyl halides is 5. The summed E-state index contributed by atoms with van der Waals surface area (Å²) in [6.07, 6.45) is -1.63. The van der Waals surface area contributed by atoms with Gasteiger partial charge in [0.05, 0.1) is 19.0 Å². The van der Waals surface area contributed by atoms with Crippen LogP contribution >= 0.6 is 0 Å². The lowest BCUT2D eigenvalue weighted by atomic mass is 9.94. The first-order valence-electron chi connectivity index (χ1n) is 10.1. The number of hydrogen-bond acceptors (Lipinski definition) is 6.